The van der Waals surface area contributed by atoms with Crippen LogP contribution in [0.5, 0.6) is 0 Å². The van der Waals surface area contributed by atoms with Crippen molar-refractivity contribution in [3.63, 3.8) is 0 Å². The number of halogens is 2. The van der Waals surface area contributed by atoms with Crippen LogP contribution in [-0.4, -0.2) is 10.8 Å². The molecule has 5 nitrogen and oxygen atoms in total. The van der Waals surface area contributed by atoms with Crippen LogP contribution in [0, 0.1) is 10.1 Å². The van der Waals surface area contributed by atoms with Gasteiger partial charge in [0.05, 0.1) is 4.92 Å². The summed E-state index contributed by atoms with van der Waals surface area (Å²) in [5.74, 6) is -0.428. The second kappa shape index (κ2) is 5.68. The van der Waals surface area contributed by atoms with E-state index in [4.69, 9.17) is 11.6 Å². The fraction of sp³-hybridized carbons (Fsp3) is 0. The van der Waals surface area contributed by atoms with Gasteiger partial charge in [0, 0.05) is 16.2 Å². The number of anilines is 1. The molecule has 0 fully saturated rings. The standard InChI is InChI=1S/C11H6BrClN2O3S/c12-6-1-3-7(4-2-6)14-11(16)9-5-8(15(17)18)10(13)19-9/h1-5H,(H,14,16). The number of hydrogen-bond donors (Lipinski definition) is 1. The third-order valence-corrected chi connectivity index (χ3v) is 4.06. The molecule has 0 radical (unpaired) electrons. The Morgan fingerprint density at radius 1 is 1.37 bits per heavy atom. The van der Waals surface area contributed by atoms with Crippen molar-refractivity contribution in [2.75, 3.05) is 5.32 Å². The Labute approximate surface area is 125 Å². The summed E-state index contributed by atoms with van der Waals surface area (Å²) in [7, 11) is 0. The van der Waals surface area contributed by atoms with Gasteiger partial charge in [-0.15, -0.1) is 11.3 Å². The predicted molar refractivity (Wildman–Crippen MR) is 78.1 cm³/mol. The van der Waals surface area contributed by atoms with E-state index in [0.717, 1.165) is 15.8 Å². The highest BCUT2D eigenvalue weighted by atomic mass is 79.9. The molecule has 0 saturated carbocycles. The van der Waals surface area contributed by atoms with E-state index in [1.54, 1.807) is 24.3 Å². The van der Waals surface area contributed by atoms with E-state index in [0.29, 0.717) is 5.69 Å². The molecule has 19 heavy (non-hydrogen) atoms. The molecule has 1 amide bonds. The van der Waals surface area contributed by atoms with Gasteiger partial charge in [-0.2, -0.15) is 0 Å². The predicted octanol–water partition coefficient (Wildman–Crippen LogP) is 4.32. The third-order valence-electron chi connectivity index (χ3n) is 2.19. The highest BCUT2D eigenvalue weighted by Crippen LogP contribution is 2.34. The quantitative estimate of drug-likeness (QED) is 0.653. The molecule has 0 aliphatic rings. The van der Waals surface area contributed by atoms with Gasteiger partial charge in [-0.05, 0) is 24.3 Å². The van der Waals surface area contributed by atoms with Crippen LogP contribution in [0.25, 0.3) is 0 Å². The molecule has 0 spiro atoms. The molecule has 0 aliphatic heterocycles. The smallest absolute Gasteiger partial charge is 0.299 e. The lowest BCUT2D eigenvalue weighted by atomic mass is 10.3. The van der Waals surface area contributed by atoms with Crippen molar-refractivity contribution < 1.29 is 9.72 Å². The van der Waals surface area contributed by atoms with E-state index in [9.17, 15) is 14.9 Å². The summed E-state index contributed by atoms with van der Waals surface area (Å²) >= 11 is 9.86. The monoisotopic (exact) mass is 360 g/mol. The maximum atomic E-state index is 11.9. The first-order chi connectivity index (χ1) is 8.97. The van der Waals surface area contributed by atoms with Crippen molar-refractivity contribution in [2.24, 2.45) is 0 Å². The normalized spacial score (nSPS) is 10.2. The number of nitrogens with zero attached hydrogens (tertiary/aromatic N) is 1. The number of rotatable bonds is 3. The Balaban J connectivity index is 2.18. The van der Waals surface area contributed by atoms with Gasteiger partial charge in [-0.1, -0.05) is 27.5 Å². The molecule has 0 aliphatic carbocycles. The van der Waals surface area contributed by atoms with Gasteiger partial charge < -0.3 is 5.32 Å². The van der Waals surface area contributed by atoms with Crippen LogP contribution in [0.1, 0.15) is 9.67 Å². The first-order valence-electron chi connectivity index (χ1n) is 4.98. The van der Waals surface area contributed by atoms with Gasteiger partial charge in [0.2, 0.25) is 0 Å². The van der Waals surface area contributed by atoms with Gasteiger partial charge in [-0.3, -0.25) is 14.9 Å². The molecule has 98 valence electrons. The van der Waals surface area contributed by atoms with Crippen LogP contribution in [0.4, 0.5) is 11.4 Å². The fourth-order valence-electron chi connectivity index (χ4n) is 1.32. The molecule has 1 N–H and O–H groups in total. The lowest BCUT2D eigenvalue weighted by Crippen LogP contribution is -2.09. The number of amides is 1. The summed E-state index contributed by atoms with van der Waals surface area (Å²) in [6.07, 6.45) is 0. The average molecular weight is 362 g/mol. The highest BCUT2D eigenvalue weighted by molar-refractivity contribution is 9.10. The van der Waals surface area contributed by atoms with Gasteiger partial charge in [0.25, 0.3) is 11.6 Å². The van der Waals surface area contributed by atoms with E-state index < -0.39 is 10.8 Å². The van der Waals surface area contributed by atoms with Crippen LogP contribution in [0.3, 0.4) is 0 Å². The second-order valence-corrected chi connectivity index (χ2v) is 6.06. The van der Waals surface area contributed by atoms with Gasteiger partial charge in [0.15, 0.2) is 4.34 Å². The molecule has 0 bridgehead atoms. The van der Waals surface area contributed by atoms with Crippen LogP contribution < -0.4 is 5.32 Å². The number of carbonyl (C=O) groups excluding carboxylic acids is 1. The molecule has 1 aromatic heterocycles. The van der Waals surface area contributed by atoms with Crippen LogP contribution in [-0.2, 0) is 0 Å². The summed E-state index contributed by atoms with van der Waals surface area (Å²) in [5.41, 5.74) is 0.341. The molecule has 2 aromatic rings. The molecule has 0 atom stereocenters. The van der Waals surface area contributed by atoms with Crippen LogP contribution in [0.15, 0.2) is 34.8 Å². The summed E-state index contributed by atoms with van der Waals surface area (Å²) in [4.78, 5) is 22.1. The van der Waals surface area contributed by atoms with Crippen LogP contribution >= 0.6 is 38.9 Å². The average Bonchev–Trinajstić information content (AvgIpc) is 2.74. The Bertz CT molecular complexity index is 642. The topological polar surface area (TPSA) is 72.2 Å². The van der Waals surface area contributed by atoms with E-state index >= 15 is 0 Å². The molecule has 8 heteroatoms. The minimum Gasteiger partial charge on any atom is -0.321 e. The van der Waals surface area contributed by atoms with Crippen molar-refractivity contribution in [2.45, 2.75) is 0 Å². The summed E-state index contributed by atoms with van der Waals surface area (Å²) < 4.78 is 0.881. The third kappa shape index (κ3) is 3.31. The molecular weight excluding hydrogens is 356 g/mol. The largest absolute Gasteiger partial charge is 0.321 e. The van der Waals surface area contributed by atoms with Crippen molar-refractivity contribution in [1.82, 2.24) is 0 Å². The zero-order chi connectivity index (χ0) is 14.0. The maximum absolute atomic E-state index is 11.9. The number of thiophene rings is 1. The van der Waals surface area contributed by atoms with Crippen LogP contribution in [0.2, 0.25) is 4.34 Å². The lowest BCUT2D eigenvalue weighted by Gasteiger charge is -2.02. The SMILES string of the molecule is O=C(Nc1ccc(Br)cc1)c1cc([N+](=O)[O-])c(Cl)s1. The fourth-order valence-corrected chi connectivity index (χ4v) is 2.70. The molecule has 1 heterocycles. The Morgan fingerprint density at radius 3 is 2.53 bits per heavy atom. The second-order valence-electron chi connectivity index (χ2n) is 3.49. The molecular formula is C11H6BrClN2O3S. The van der Waals surface area contributed by atoms with Crippen molar-refractivity contribution in [1.29, 1.82) is 0 Å². The van der Waals surface area contributed by atoms with E-state index in [-0.39, 0.29) is 14.9 Å². The number of nitro groups is 1. The number of hydrogen-bond acceptors (Lipinski definition) is 4. The Kier molecular flexibility index (Phi) is 4.18. The lowest BCUT2D eigenvalue weighted by molar-refractivity contribution is -0.384. The highest BCUT2D eigenvalue weighted by Gasteiger charge is 2.21. The zero-order valence-electron chi connectivity index (χ0n) is 9.22. The summed E-state index contributed by atoms with van der Waals surface area (Å²) in [5, 5.41) is 13.3. The van der Waals surface area contributed by atoms with Gasteiger partial charge in [0.1, 0.15) is 4.88 Å². The zero-order valence-corrected chi connectivity index (χ0v) is 12.4. The Morgan fingerprint density at radius 2 is 2.00 bits per heavy atom. The first-order valence-corrected chi connectivity index (χ1v) is 6.97. The number of benzene rings is 1. The summed E-state index contributed by atoms with van der Waals surface area (Å²) in [6, 6.07) is 8.15. The van der Waals surface area contributed by atoms with E-state index in [1.165, 1.54) is 6.07 Å². The minimum atomic E-state index is -0.616. The van der Waals surface area contributed by atoms with Gasteiger partial charge >= 0.3 is 0 Å². The van der Waals surface area contributed by atoms with Crippen molar-refractivity contribution >= 4 is 56.1 Å². The van der Waals surface area contributed by atoms with E-state index in [2.05, 4.69) is 21.2 Å². The number of carbonyl (C=O) groups is 1. The molecule has 2 rings (SSSR count). The minimum absolute atomic E-state index is 0.00837. The first kappa shape index (κ1) is 14.0. The van der Waals surface area contributed by atoms with Crippen molar-refractivity contribution in [3.8, 4) is 0 Å². The van der Waals surface area contributed by atoms with Gasteiger partial charge in [-0.25, -0.2) is 0 Å². The molecule has 0 saturated heterocycles. The van der Waals surface area contributed by atoms with E-state index in [1.807, 2.05) is 0 Å². The molecule has 1 aromatic carbocycles. The molecule has 0 unspecified atom stereocenters. The Hall–Kier alpha value is -1.44. The number of nitrogens with one attached hydrogen (secondary N) is 1. The summed E-state index contributed by atoms with van der Waals surface area (Å²) in [6.45, 7) is 0. The van der Waals surface area contributed by atoms with Crippen molar-refractivity contribution in [3.05, 3.63) is 54.1 Å². The maximum Gasteiger partial charge on any atom is 0.299 e.